The number of rotatable bonds is 15. The summed E-state index contributed by atoms with van der Waals surface area (Å²) in [5, 5.41) is 0. The van der Waals surface area contributed by atoms with E-state index in [1.807, 2.05) is 6.08 Å². The van der Waals surface area contributed by atoms with Crippen molar-refractivity contribution in [3.63, 3.8) is 0 Å². The van der Waals surface area contributed by atoms with Crippen molar-refractivity contribution in [3.05, 3.63) is 83.1 Å². The molecular formula is C30H48. The average Bonchev–Trinajstić information content (AvgIpc) is 2.66. The zero-order valence-corrected chi connectivity index (χ0v) is 21.1. The molecule has 0 heteroatoms. The second-order valence-electron chi connectivity index (χ2n) is 9.17. The number of allylic oxidation sites excluding steroid dienone is 13. The lowest BCUT2D eigenvalue weighted by molar-refractivity contribution is 0.655. The molecule has 0 aliphatic carbocycles. The van der Waals surface area contributed by atoms with E-state index in [1.165, 1.54) is 60.0 Å². The lowest BCUT2D eigenvalue weighted by atomic mass is 10.0. The van der Waals surface area contributed by atoms with Gasteiger partial charge in [-0.3, -0.25) is 0 Å². The summed E-state index contributed by atoms with van der Waals surface area (Å²) in [5.41, 5.74) is 7.15. The summed E-state index contributed by atoms with van der Waals surface area (Å²) >= 11 is 0. The van der Waals surface area contributed by atoms with Crippen molar-refractivity contribution >= 4 is 0 Å². The monoisotopic (exact) mass is 408 g/mol. The Kier molecular flexibility index (Phi) is 16.9. The van der Waals surface area contributed by atoms with Crippen molar-refractivity contribution in [2.24, 2.45) is 5.92 Å². The Morgan fingerprint density at radius 2 is 1.20 bits per heavy atom. The molecule has 0 spiro atoms. The van der Waals surface area contributed by atoms with Gasteiger partial charge in [-0.2, -0.15) is 0 Å². The third-order valence-electron chi connectivity index (χ3n) is 5.24. The minimum absolute atomic E-state index is 0.603. The van der Waals surface area contributed by atoms with Crippen molar-refractivity contribution in [1.29, 1.82) is 0 Å². The quantitative estimate of drug-likeness (QED) is 0.187. The number of hydrogen-bond acceptors (Lipinski definition) is 0. The lowest BCUT2D eigenvalue weighted by Crippen LogP contribution is -1.88. The van der Waals surface area contributed by atoms with Crippen LogP contribution in [0.1, 0.15) is 99.8 Å². The minimum Gasteiger partial charge on any atom is -0.0988 e. The molecule has 0 fully saturated rings. The van der Waals surface area contributed by atoms with E-state index >= 15 is 0 Å². The van der Waals surface area contributed by atoms with Crippen molar-refractivity contribution < 1.29 is 0 Å². The fourth-order valence-corrected chi connectivity index (χ4v) is 3.18. The van der Waals surface area contributed by atoms with Gasteiger partial charge in [0.05, 0.1) is 0 Å². The van der Waals surface area contributed by atoms with E-state index in [0.717, 1.165) is 19.3 Å². The van der Waals surface area contributed by atoms with Crippen LogP contribution in [0.25, 0.3) is 0 Å². The third-order valence-corrected chi connectivity index (χ3v) is 5.24. The molecule has 0 aromatic carbocycles. The van der Waals surface area contributed by atoms with Crippen LogP contribution in [0.3, 0.4) is 0 Å². The fourth-order valence-electron chi connectivity index (χ4n) is 3.18. The molecule has 0 aliphatic rings. The maximum Gasteiger partial charge on any atom is -0.0244 e. The van der Waals surface area contributed by atoms with Crippen molar-refractivity contribution in [1.82, 2.24) is 0 Å². The molecule has 1 unspecified atom stereocenters. The Morgan fingerprint density at radius 1 is 0.700 bits per heavy atom. The van der Waals surface area contributed by atoms with Crippen molar-refractivity contribution in [3.8, 4) is 0 Å². The van der Waals surface area contributed by atoms with Crippen LogP contribution in [0.15, 0.2) is 83.1 Å². The lowest BCUT2D eigenvalue weighted by Gasteiger charge is -2.05. The molecule has 0 aromatic heterocycles. The van der Waals surface area contributed by atoms with Gasteiger partial charge in [0.2, 0.25) is 0 Å². The Balaban J connectivity index is 4.31. The van der Waals surface area contributed by atoms with E-state index in [9.17, 15) is 0 Å². The summed E-state index contributed by atoms with van der Waals surface area (Å²) in [6.45, 7) is 19.5. The number of hydrogen-bond donors (Lipinski definition) is 0. The van der Waals surface area contributed by atoms with Gasteiger partial charge in [-0.25, -0.2) is 0 Å². The van der Waals surface area contributed by atoms with Crippen molar-refractivity contribution in [2.45, 2.75) is 99.8 Å². The van der Waals surface area contributed by atoms with Crippen LogP contribution in [-0.2, 0) is 0 Å². The highest BCUT2D eigenvalue weighted by Gasteiger charge is 1.97. The third kappa shape index (κ3) is 18.2. The van der Waals surface area contributed by atoms with Gasteiger partial charge in [-0.05, 0) is 104 Å². The zero-order chi connectivity index (χ0) is 22.8. The molecule has 168 valence electrons. The van der Waals surface area contributed by atoms with Gasteiger partial charge in [0, 0.05) is 0 Å². The van der Waals surface area contributed by atoms with Gasteiger partial charge in [0.25, 0.3) is 0 Å². The summed E-state index contributed by atoms with van der Waals surface area (Å²) in [4.78, 5) is 0. The van der Waals surface area contributed by atoms with Crippen LogP contribution >= 0.6 is 0 Å². The predicted molar refractivity (Wildman–Crippen MR) is 140 cm³/mol. The summed E-state index contributed by atoms with van der Waals surface area (Å²) < 4.78 is 0. The average molecular weight is 409 g/mol. The Morgan fingerprint density at radius 3 is 1.70 bits per heavy atom. The maximum absolute atomic E-state index is 3.99. The largest absolute Gasteiger partial charge is 0.0988 e. The highest BCUT2D eigenvalue weighted by molar-refractivity contribution is 5.23. The molecule has 0 heterocycles. The zero-order valence-electron chi connectivity index (χ0n) is 21.1. The summed E-state index contributed by atoms with van der Waals surface area (Å²) in [6, 6.07) is 0. The highest BCUT2D eigenvalue weighted by atomic mass is 14.0. The standard InChI is InChI=1S/C30H48/c1-9-30(23-13-21-28(7)18-11-16-26(4)5)24-14-22-29(8)20-12-19-27(6)17-10-15-25(2)3/h9,14-16,19,21-22,24,29H,1,10-13,17-18,20,23H2,2-8H3/b22-14+,27-19+,28-21+,30-24+. The van der Waals surface area contributed by atoms with E-state index in [4.69, 9.17) is 0 Å². The normalized spacial score (nSPS) is 14.0. The van der Waals surface area contributed by atoms with E-state index in [2.05, 4.69) is 97.6 Å². The predicted octanol–water partition coefficient (Wildman–Crippen LogP) is 10.2. The van der Waals surface area contributed by atoms with E-state index in [0.29, 0.717) is 5.92 Å². The van der Waals surface area contributed by atoms with Crippen LogP contribution in [0.2, 0.25) is 0 Å². The molecule has 0 N–H and O–H groups in total. The molecule has 0 aliphatic heterocycles. The Labute approximate surface area is 188 Å². The molecule has 0 saturated carbocycles. The van der Waals surface area contributed by atoms with Gasteiger partial charge < -0.3 is 0 Å². The Bertz CT molecular complexity index is 650. The molecule has 0 aromatic rings. The molecule has 0 rings (SSSR count). The second-order valence-corrected chi connectivity index (χ2v) is 9.17. The summed E-state index contributed by atoms with van der Waals surface area (Å²) in [5.74, 6) is 0.603. The smallest absolute Gasteiger partial charge is 0.0244 e. The molecule has 0 bridgehead atoms. The first-order valence-electron chi connectivity index (χ1n) is 11.8. The minimum atomic E-state index is 0.603. The summed E-state index contributed by atoms with van der Waals surface area (Å²) in [7, 11) is 0. The molecule has 30 heavy (non-hydrogen) atoms. The first-order valence-corrected chi connectivity index (χ1v) is 11.8. The molecule has 1 atom stereocenters. The molecule has 0 radical (unpaired) electrons. The topological polar surface area (TPSA) is 0 Å². The molecule has 0 saturated heterocycles. The second kappa shape index (κ2) is 18.0. The van der Waals surface area contributed by atoms with Gasteiger partial charge in [0.15, 0.2) is 0 Å². The Hall–Kier alpha value is -1.82. The van der Waals surface area contributed by atoms with Crippen LogP contribution in [0.5, 0.6) is 0 Å². The first-order chi connectivity index (χ1) is 14.2. The van der Waals surface area contributed by atoms with Gasteiger partial charge in [-0.1, -0.05) is 84.4 Å². The maximum atomic E-state index is 3.99. The molecule has 0 amide bonds. The van der Waals surface area contributed by atoms with Crippen LogP contribution in [0, 0.1) is 5.92 Å². The van der Waals surface area contributed by atoms with Crippen LogP contribution in [0.4, 0.5) is 0 Å². The van der Waals surface area contributed by atoms with Crippen LogP contribution in [-0.4, -0.2) is 0 Å². The van der Waals surface area contributed by atoms with Gasteiger partial charge >= 0.3 is 0 Å². The summed E-state index contributed by atoms with van der Waals surface area (Å²) in [6.07, 6.45) is 27.4. The fraction of sp³-hybridized carbons (Fsp3) is 0.533. The SMILES string of the molecule is C=C/C(=C\C=C\C(C)CC/C=C(\C)CCC=C(C)C)CC/C=C(\C)CCC=C(C)C. The molecule has 0 nitrogen and oxygen atoms in total. The first kappa shape index (κ1) is 28.2. The highest BCUT2D eigenvalue weighted by Crippen LogP contribution is 2.15. The van der Waals surface area contributed by atoms with Crippen LogP contribution < -0.4 is 0 Å². The van der Waals surface area contributed by atoms with Gasteiger partial charge in [-0.15, -0.1) is 0 Å². The van der Waals surface area contributed by atoms with Gasteiger partial charge in [0.1, 0.15) is 0 Å². The van der Waals surface area contributed by atoms with E-state index < -0.39 is 0 Å². The van der Waals surface area contributed by atoms with E-state index in [-0.39, 0.29) is 0 Å². The molecular weight excluding hydrogens is 360 g/mol. The van der Waals surface area contributed by atoms with Crippen molar-refractivity contribution in [2.75, 3.05) is 0 Å². The van der Waals surface area contributed by atoms with E-state index in [1.54, 1.807) is 0 Å².